The minimum absolute atomic E-state index is 0.307. The minimum Gasteiger partial charge on any atom is -0.447 e. The minimum atomic E-state index is -0.437. The van der Waals surface area contributed by atoms with Gasteiger partial charge in [-0.25, -0.2) is 14.2 Å². The van der Waals surface area contributed by atoms with Crippen molar-refractivity contribution in [3.63, 3.8) is 0 Å². The molecule has 1 fully saturated rings. The van der Waals surface area contributed by atoms with E-state index in [-0.39, 0.29) is 11.9 Å². The van der Waals surface area contributed by atoms with Gasteiger partial charge in [-0.3, -0.25) is 4.90 Å². The zero-order valence-electron chi connectivity index (χ0n) is 17.0. The molecule has 3 heterocycles. The van der Waals surface area contributed by atoms with Crippen molar-refractivity contribution < 1.29 is 18.4 Å². The third-order valence-electron chi connectivity index (χ3n) is 3.94. The maximum atomic E-state index is 13.0. The van der Waals surface area contributed by atoms with Crippen LogP contribution in [0.3, 0.4) is 0 Å². The van der Waals surface area contributed by atoms with Gasteiger partial charge in [-0.15, -0.1) is 0 Å². The lowest BCUT2D eigenvalue weighted by molar-refractivity contribution is 0.181. The van der Waals surface area contributed by atoms with Crippen molar-refractivity contribution in [2.24, 2.45) is 0 Å². The second kappa shape index (κ2) is 9.77. The second-order valence-electron chi connectivity index (χ2n) is 6.54. The summed E-state index contributed by atoms with van der Waals surface area (Å²) in [5.74, 6) is 1.09. The van der Waals surface area contributed by atoms with Gasteiger partial charge in [-0.05, 0) is 37.3 Å². The quantitative estimate of drug-likeness (QED) is 0.662. The maximum Gasteiger partial charge on any atom is 0.415 e. The zero-order valence-corrected chi connectivity index (χ0v) is 17.0. The normalized spacial score (nSPS) is 14.0. The van der Waals surface area contributed by atoms with Crippen molar-refractivity contribution in [2.45, 2.75) is 33.2 Å². The number of carbonyl (C=O) groups is 1. The Bertz CT molecular complexity index is 979. The molecule has 9 nitrogen and oxygen atoms in total. The van der Waals surface area contributed by atoms with Gasteiger partial charge in [0, 0.05) is 11.8 Å². The molecule has 1 unspecified atom stereocenters. The molecule has 0 radical (unpaired) electrons. The number of rotatable bonds is 5. The molecule has 1 N–H and O–H groups in total. The van der Waals surface area contributed by atoms with Gasteiger partial charge < -0.3 is 14.6 Å². The Morgan fingerprint density at radius 3 is 2.60 bits per heavy atom. The molecule has 1 saturated heterocycles. The number of aromatic nitrogens is 4. The van der Waals surface area contributed by atoms with Crippen molar-refractivity contribution in [3.05, 3.63) is 48.2 Å². The highest BCUT2D eigenvalue weighted by Crippen LogP contribution is 2.22. The number of benzene rings is 1. The molecule has 0 spiro atoms. The third kappa shape index (κ3) is 5.07. The highest BCUT2D eigenvalue weighted by Gasteiger charge is 2.25. The van der Waals surface area contributed by atoms with Crippen LogP contribution in [0.2, 0.25) is 0 Å². The molecular formula is C20H23FN6O3. The summed E-state index contributed by atoms with van der Waals surface area (Å²) in [6, 6.07) is 7.05. The lowest BCUT2D eigenvalue weighted by atomic mass is 10.2. The van der Waals surface area contributed by atoms with E-state index in [1.54, 1.807) is 24.4 Å². The number of amides is 1. The van der Waals surface area contributed by atoms with E-state index in [9.17, 15) is 9.18 Å². The Kier molecular flexibility index (Phi) is 6.89. The van der Waals surface area contributed by atoms with Crippen LogP contribution in [0.15, 0.2) is 41.1 Å². The molecule has 0 saturated carbocycles. The van der Waals surface area contributed by atoms with Crippen LogP contribution in [-0.4, -0.2) is 39.4 Å². The van der Waals surface area contributed by atoms with E-state index in [2.05, 4.69) is 39.3 Å². The number of nitrogens with one attached hydrogen (secondary N) is 1. The van der Waals surface area contributed by atoms with Crippen LogP contribution in [-0.2, 0) is 4.74 Å². The van der Waals surface area contributed by atoms with Crippen molar-refractivity contribution in [1.29, 1.82) is 0 Å². The first kappa shape index (κ1) is 21.2. The van der Waals surface area contributed by atoms with Gasteiger partial charge in [-0.2, -0.15) is 9.97 Å². The monoisotopic (exact) mass is 414 g/mol. The van der Waals surface area contributed by atoms with Crippen LogP contribution in [0.5, 0.6) is 0 Å². The predicted octanol–water partition coefficient (Wildman–Crippen LogP) is 4.21. The molecule has 158 valence electrons. The molecule has 0 aliphatic carbocycles. The maximum absolute atomic E-state index is 13.0. The number of halogens is 1. The summed E-state index contributed by atoms with van der Waals surface area (Å²) in [4.78, 5) is 25.9. The zero-order chi connectivity index (χ0) is 21.5. The Labute approximate surface area is 173 Å². The standard InChI is InChI=1S/C17H15FN6O3.C3H8/c1-10(15-22-14(23-27-15)11-2-4-12(18)5-3-11)20-16-19-7-6-13(21-16)24-8-9-26-17(24)25;1-3-2/h2-7,10H,8-9H2,1H3,(H,19,20,21);3H2,1-2H3. The Balaban J connectivity index is 0.000000806. The molecule has 1 aromatic carbocycles. The first-order chi connectivity index (χ1) is 14.5. The fraction of sp³-hybridized carbons (Fsp3) is 0.350. The van der Waals surface area contributed by atoms with Gasteiger partial charge in [0.1, 0.15) is 24.3 Å². The van der Waals surface area contributed by atoms with Crippen LogP contribution in [0.25, 0.3) is 11.4 Å². The summed E-state index contributed by atoms with van der Waals surface area (Å²) < 4.78 is 23.2. The number of cyclic esters (lactones) is 1. The van der Waals surface area contributed by atoms with Crippen molar-refractivity contribution in [3.8, 4) is 11.4 Å². The summed E-state index contributed by atoms with van der Waals surface area (Å²) >= 11 is 0. The van der Waals surface area contributed by atoms with E-state index >= 15 is 0 Å². The van der Waals surface area contributed by atoms with E-state index in [4.69, 9.17) is 9.26 Å². The number of hydrogen-bond donors (Lipinski definition) is 1. The first-order valence-corrected chi connectivity index (χ1v) is 9.65. The highest BCUT2D eigenvalue weighted by molar-refractivity contribution is 5.88. The predicted molar refractivity (Wildman–Crippen MR) is 108 cm³/mol. The van der Waals surface area contributed by atoms with Crippen LogP contribution >= 0.6 is 0 Å². The number of hydrogen-bond acceptors (Lipinski definition) is 8. The van der Waals surface area contributed by atoms with Crippen LogP contribution in [0, 0.1) is 5.82 Å². The van der Waals surface area contributed by atoms with Gasteiger partial charge in [0.25, 0.3) is 0 Å². The molecule has 1 aliphatic heterocycles. The van der Waals surface area contributed by atoms with E-state index < -0.39 is 6.09 Å². The number of anilines is 2. The molecule has 2 aromatic heterocycles. The number of ether oxygens (including phenoxy) is 1. The fourth-order valence-corrected chi connectivity index (χ4v) is 2.55. The largest absolute Gasteiger partial charge is 0.447 e. The van der Waals surface area contributed by atoms with Gasteiger partial charge in [0.05, 0.1) is 6.54 Å². The van der Waals surface area contributed by atoms with Gasteiger partial charge in [0.2, 0.25) is 17.7 Å². The molecule has 30 heavy (non-hydrogen) atoms. The topological polar surface area (TPSA) is 106 Å². The van der Waals surface area contributed by atoms with E-state index in [0.29, 0.717) is 42.2 Å². The van der Waals surface area contributed by atoms with Crippen LogP contribution < -0.4 is 10.2 Å². The van der Waals surface area contributed by atoms with Crippen molar-refractivity contribution in [1.82, 2.24) is 20.1 Å². The summed E-state index contributed by atoms with van der Waals surface area (Å²) in [6.45, 7) is 6.83. The highest BCUT2D eigenvalue weighted by atomic mass is 19.1. The average Bonchev–Trinajstić information content (AvgIpc) is 3.39. The smallest absolute Gasteiger partial charge is 0.415 e. The second-order valence-corrected chi connectivity index (χ2v) is 6.54. The number of carbonyl (C=O) groups excluding carboxylic acids is 1. The van der Waals surface area contributed by atoms with Crippen LogP contribution in [0.1, 0.15) is 39.1 Å². The van der Waals surface area contributed by atoms with Gasteiger partial charge >= 0.3 is 6.09 Å². The van der Waals surface area contributed by atoms with E-state index in [1.165, 1.54) is 23.5 Å². The molecule has 4 rings (SSSR count). The van der Waals surface area contributed by atoms with Gasteiger partial charge in [-0.1, -0.05) is 25.4 Å². The molecule has 1 amide bonds. The SMILES string of the molecule is CC(Nc1nccc(N2CCOC2=O)n1)c1nc(-c2ccc(F)cc2)no1.CCC. The Hall–Kier alpha value is -3.56. The van der Waals surface area contributed by atoms with Gasteiger partial charge in [0.15, 0.2) is 0 Å². The first-order valence-electron chi connectivity index (χ1n) is 9.65. The van der Waals surface area contributed by atoms with E-state index in [1.807, 2.05) is 6.92 Å². The Morgan fingerprint density at radius 1 is 1.20 bits per heavy atom. The Morgan fingerprint density at radius 2 is 1.93 bits per heavy atom. The molecular weight excluding hydrogens is 391 g/mol. The average molecular weight is 414 g/mol. The number of nitrogens with zero attached hydrogens (tertiary/aromatic N) is 5. The van der Waals surface area contributed by atoms with Crippen molar-refractivity contribution in [2.75, 3.05) is 23.4 Å². The summed E-state index contributed by atoms with van der Waals surface area (Å²) in [5, 5.41) is 6.96. The summed E-state index contributed by atoms with van der Waals surface area (Å²) in [5.41, 5.74) is 0.643. The molecule has 0 bridgehead atoms. The fourth-order valence-electron chi connectivity index (χ4n) is 2.55. The third-order valence-corrected chi connectivity index (χ3v) is 3.94. The van der Waals surface area contributed by atoms with Crippen molar-refractivity contribution >= 4 is 17.9 Å². The summed E-state index contributed by atoms with van der Waals surface area (Å²) in [7, 11) is 0. The lowest BCUT2D eigenvalue weighted by Crippen LogP contribution is -2.25. The molecule has 3 aromatic rings. The lowest BCUT2D eigenvalue weighted by Gasteiger charge is -2.14. The van der Waals surface area contributed by atoms with Crippen LogP contribution in [0.4, 0.5) is 21.0 Å². The molecule has 1 aliphatic rings. The summed E-state index contributed by atoms with van der Waals surface area (Å²) in [6.07, 6.45) is 2.36. The molecule has 1 atom stereocenters. The molecule has 10 heteroatoms. The van der Waals surface area contributed by atoms with E-state index in [0.717, 1.165) is 0 Å².